The van der Waals surface area contributed by atoms with Crippen LogP contribution in [-0.4, -0.2) is 13.2 Å². The van der Waals surface area contributed by atoms with Crippen molar-refractivity contribution in [2.45, 2.75) is 64.0 Å². The Morgan fingerprint density at radius 3 is 2.93 bits per heavy atom. The summed E-state index contributed by atoms with van der Waals surface area (Å²) in [6, 6.07) is 11.5. The van der Waals surface area contributed by atoms with Gasteiger partial charge in [0.15, 0.2) is 0 Å². The van der Waals surface area contributed by atoms with E-state index in [1.54, 1.807) is 18.9 Å². The molecule has 0 radical (unpaired) electrons. The summed E-state index contributed by atoms with van der Waals surface area (Å²) in [7, 11) is 1.77. The van der Waals surface area contributed by atoms with E-state index in [-0.39, 0.29) is 0 Å². The van der Waals surface area contributed by atoms with E-state index in [0.29, 0.717) is 11.5 Å². The van der Waals surface area contributed by atoms with Crippen LogP contribution in [0.25, 0.3) is 0 Å². The smallest absolute Gasteiger partial charge is 0.119 e. The second-order valence-corrected chi connectivity index (χ2v) is 9.11. The van der Waals surface area contributed by atoms with E-state index >= 15 is 0 Å². The van der Waals surface area contributed by atoms with Gasteiger partial charge in [-0.2, -0.15) is 0 Å². The van der Waals surface area contributed by atoms with Gasteiger partial charge < -0.3 is 14.5 Å². The molecule has 1 heterocycles. The molecular weight excluding hydrogens is 334 g/mol. The van der Waals surface area contributed by atoms with Gasteiger partial charge >= 0.3 is 0 Å². The van der Waals surface area contributed by atoms with E-state index in [1.165, 1.54) is 44.1 Å². The van der Waals surface area contributed by atoms with Gasteiger partial charge in [0, 0.05) is 6.04 Å². The maximum absolute atomic E-state index is 5.53. The Bertz CT molecular complexity index is 799. The number of aryl methyl sites for hydroxylation is 1. The Hall–Kier alpha value is -1.74. The SMILES string of the molecule is COc1ccc2c(c1)CC[C@@H]1[C@@H]2CC[C@]2(C)[C@@H](NCc3ccco3)CC[C@@H]12. The molecule has 3 nitrogen and oxygen atoms in total. The number of ether oxygens (including phenoxy) is 1. The quantitative estimate of drug-likeness (QED) is 0.798. The highest BCUT2D eigenvalue weighted by Gasteiger charge is 2.54. The zero-order valence-electron chi connectivity index (χ0n) is 16.5. The molecular formula is C24H31NO2. The van der Waals surface area contributed by atoms with Crippen molar-refractivity contribution in [1.29, 1.82) is 0 Å². The van der Waals surface area contributed by atoms with Gasteiger partial charge in [-0.25, -0.2) is 0 Å². The van der Waals surface area contributed by atoms with Crippen LogP contribution in [0.3, 0.4) is 0 Å². The molecule has 27 heavy (non-hydrogen) atoms. The maximum Gasteiger partial charge on any atom is 0.119 e. The third-order valence-corrected chi connectivity index (χ3v) is 8.04. The molecule has 0 aliphatic heterocycles. The molecule has 0 unspecified atom stereocenters. The molecule has 3 heteroatoms. The third kappa shape index (κ3) is 2.82. The van der Waals surface area contributed by atoms with Gasteiger partial charge in [0.05, 0.1) is 19.9 Å². The fourth-order valence-electron chi connectivity index (χ4n) is 6.66. The summed E-state index contributed by atoms with van der Waals surface area (Å²) >= 11 is 0. The highest BCUT2D eigenvalue weighted by Crippen LogP contribution is 2.61. The van der Waals surface area contributed by atoms with Crippen molar-refractivity contribution in [3.8, 4) is 5.75 Å². The van der Waals surface area contributed by atoms with Crippen molar-refractivity contribution in [1.82, 2.24) is 5.32 Å². The van der Waals surface area contributed by atoms with Crippen LogP contribution in [0, 0.1) is 17.3 Å². The molecule has 2 fully saturated rings. The Kier molecular flexibility index (Phi) is 4.31. The number of benzene rings is 1. The van der Waals surface area contributed by atoms with E-state index in [0.717, 1.165) is 35.8 Å². The molecule has 5 rings (SSSR count). The topological polar surface area (TPSA) is 34.4 Å². The van der Waals surface area contributed by atoms with E-state index in [4.69, 9.17) is 9.15 Å². The molecule has 144 valence electrons. The minimum Gasteiger partial charge on any atom is -0.497 e. The molecule has 5 atom stereocenters. The van der Waals surface area contributed by atoms with Crippen molar-refractivity contribution in [2.75, 3.05) is 7.11 Å². The average Bonchev–Trinajstić information content (AvgIpc) is 3.32. The predicted octanol–water partition coefficient (Wildman–Crippen LogP) is 5.30. The normalized spacial score (nSPS) is 34.6. The minimum absolute atomic E-state index is 0.428. The number of fused-ring (bicyclic) bond motifs is 5. The highest BCUT2D eigenvalue weighted by molar-refractivity contribution is 5.40. The largest absolute Gasteiger partial charge is 0.497 e. The van der Waals surface area contributed by atoms with Crippen molar-refractivity contribution in [2.24, 2.45) is 17.3 Å². The molecule has 1 N–H and O–H groups in total. The monoisotopic (exact) mass is 365 g/mol. The number of hydrogen-bond acceptors (Lipinski definition) is 3. The maximum atomic E-state index is 5.53. The van der Waals surface area contributed by atoms with Crippen molar-refractivity contribution >= 4 is 0 Å². The fourth-order valence-corrected chi connectivity index (χ4v) is 6.66. The highest BCUT2D eigenvalue weighted by atomic mass is 16.5. The second kappa shape index (κ2) is 6.70. The summed E-state index contributed by atoms with van der Waals surface area (Å²) in [4.78, 5) is 0. The fraction of sp³-hybridized carbons (Fsp3) is 0.583. The lowest BCUT2D eigenvalue weighted by Gasteiger charge is -2.51. The summed E-state index contributed by atoms with van der Waals surface area (Å²) in [5, 5.41) is 3.84. The second-order valence-electron chi connectivity index (χ2n) is 9.11. The van der Waals surface area contributed by atoms with Gasteiger partial charge in [-0.05, 0) is 97.1 Å². The molecule has 2 aromatic rings. The number of hydrogen-bond donors (Lipinski definition) is 1. The molecule has 1 aromatic carbocycles. The summed E-state index contributed by atoms with van der Waals surface area (Å²) in [6.07, 6.45) is 9.67. The number of methoxy groups -OCH3 is 1. The average molecular weight is 366 g/mol. The van der Waals surface area contributed by atoms with E-state index in [1.807, 2.05) is 6.07 Å². The minimum atomic E-state index is 0.428. The van der Waals surface area contributed by atoms with Crippen LogP contribution >= 0.6 is 0 Å². The first-order valence-electron chi connectivity index (χ1n) is 10.6. The van der Waals surface area contributed by atoms with Gasteiger partial charge in [-0.3, -0.25) is 0 Å². The van der Waals surface area contributed by atoms with Crippen LogP contribution in [0.5, 0.6) is 5.75 Å². The van der Waals surface area contributed by atoms with Crippen molar-refractivity contribution < 1.29 is 9.15 Å². The van der Waals surface area contributed by atoms with E-state index in [2.05, 4.69) is 36.5 Å². The lowest BCUT2D eigenvalue weighted by atomic mass is 9.55. The van der Waals surface area contributed by atoms with Crippen LogP contribution in [0.2, 0.25) is 0 Å². The van der Waals surface area contributed by atoms with E-state index in [9.17, 15) is 0 Å². The number of furan rings is 1. The first-order chi connectivity index (χ1) is 13.2. The zero-order chi connectivity index (χ0) is 18.4. The Labute approximate surface area is 162 Å². The number of nitrogens with one attached hydrogen (secondary N) is 1. The predicted molar refractivity (Wildman–Crippen MR) is 107 cm³/mol. The zero-order valence-corrected chi connectivity index (χ0v) is 16.5. The van der Waals surface area contributed by atoms with Gasteiger partial charge in [0.2, 0.25) is 0 Å². The molecule has 1 aromatic heterocycles. The lowest BCUT2D eigenvalue weighted by Crippen LogP contribution is -2.48. The van der Waals surface area contributed by atoms with Crippen LogP contribution in [-0.2, 0) is 13.0 Å². The number of rotatable bonds is 4. The molecule has 3 aliphatic rings. The summed E-state index contributed by atoms with van der Waals surface area (Å²) in [5.74, 6) is 4.51. The summed E-state index contributed by atoms with van der Waals surface area (Å²) in [6.45, 7) is 3.42. The van der Waals surface area contributed by atoms with Crippen molar-refractivity contribution in [3.05, 3.63) is 53.5 Å². The Balaban J connectivity index is 1.35. The van der Waals surface area contributed by atoms with Crippen LogP contribution in [0.1, 0.15) is 61.8 Å². The third-order valence-electron chi connectivity index (χ3n) is 8.04. The summed E-state index contributed by atoms with van der Waals surface area (Å²) < 4.78 is 11.0. The van der Waals surface area contributed by atoms with Crippen LogP contribution in [0.4, 0.5) is 0 Å². The Morgan fingerprint density at radius 1 is 1.19 bits per heavy atom. The van der Waals surface area contributed by atoms with Gasteiger partial charge in [0.25, 0.3) is 0 Å². The molecule has 2 saturated carbocycles. The van der Waals surface area contributed by atoms with Crippen LogP contribution < -0.4 is 10.1 Å². The molecule has 0 saturated heterocycles. The molecule has 3 aliphatic carbocycles. The van der Waals surface area contributed by atoms with Gasteiger partial charge in [0.1, 0.15) is 11.5 Å². The first-order valence-corrected chi connectivity index (χ1v) is 10.6. The Morgan fingerprint density at radius 2 is 2.11 bits per heavy atom. The summed E-state index contributed by atoms with van der Waals surface area (Å²) in [5.41, 5.74) is 3.57. The van der Waals surface area contributed by atoms with Crippen LogP contribution in [0.15, 0.2) is 41.0 Å². The van der Waals surface area contributed by atoms with Crippen molar-refractivity contribution in [3.63, 3.8) is 0 Å². The van der Waals surface area contributed by atoms with Gasteiger partial charge in [-0.15, -0.1) is 0 Å². The standard InChI is InChI=1S/C24H31NO2/c1-24-12-11-20-19-8-6-17(26-2)14-16(19)5-7-21(20)22(24)9-10-23(24)25-15-18-4-3-13-27-18/h3-4,6,8,13-14,20-23,25H,5,7,9-12,15H2,1-2H3/t20-,21-,22+,23+,24+/m1/s1. The first kappa shape index (κ1) is 17.4. The molecule has 0 bridgehead atoms. The molecule has 0 amide bonds. The van der Waals surface area contributed by atoms with Gasteiger partial charge in [-0.1, -0.05) is 13.0 Å². The van der Waals surface area contributed by atoms with E-state index < -0.39 is 0 Å². The molecule has 0 spiro atoms. The lowest BCUT2D eigenvalue weighted by molar-refractivity contribution is 0.0404.